The second-order valence-electron chi connectivity index (χ2n) is 2.65. The summed E-state index contributed by atoms with van der Waals surface area (Å²) >= 11 is 3.43. The summed E-state index contributed by atoms with van der Waals surface area (Å²) in [5.74, 6) is 0. The van der Waals surface area contributed by atoms with Crippen LogP contribution in [0.15, 0.2) is 0 Å². The number of ether oxygens (including phenoxy) is 1. The third kappa shape index (κ3) is 3.87. The number of alkyl halides is 1. The third-order valence-electron chi connectivity index (χ3n) is 1.88. The van der Waals surface area contributed by atoms with E-state index < -0.39 is 0 Å². The van der Waals surface area contributed by atoms with E-state index in [1.54, 1.807) is 0 Å². The normalized spacial score (nSPS) is 26.2. The molecule has 0 spiro atoms. The van der Waals surface area contributed by atoms with Crippen molar-refractivity contribution in [2.24, 2.45) is 0 Å². The molecule has 4 heteroatoms. The highest BCUT2D eigenvalue weighted by Crippen LogP contribution is 2.05. The van der Waals surface area contributed by atoms with Crippen LogP contribution < -0.4 is 0 Å². The summed E-state index contributed by atoms with van der Waals surface area (Å²) in [6, 6.07) is 0.603. The zero-order chi connectivity index (χ0) is 7.40. The van der Waals surface area contributed by atoms with E-state index in [2.05, 4.69) is 27.8 Å². The van der Waals surface area contributed by atoms with E-state index in [-0.39, 0.29) is 17.0 Å². The standard InChI is InChI=1S/C7H14BrNO.BrH/c1-7-6-10-5-4-9(7)3-2-8;/h7H,2-6H2,1H3;1H. The van der Waals surface area contributed by atoms with Gasteiger partial charge in [-0.3, -0.25) is 4.90 Å². The van der Waals surface area contributed by atoms with Gasteiger partial charge < -0.3 is 4.74 Å². The molecule has 0 aromatic rings. The number of morpholine rings is 1. The summed E-state index contributed by atoms with van der Waals surface area (Å²) in [5.41, 5.74) is 0. The van der Waals surface area contributed by atoms with Gasteiger partial charge in [0.05, 0.1) is 13.2 Å². The fourth-order valence-electron chi connectivity index (χ4n) is 1.20. The van der Waals surface area contributed by atoms with Gasteiger partial charge in [-0.1, -0.05) is 15.9 Å². The average Bonchev–Trinajstić information content (AvgIpc) is 1.94. The first-order valence-electron chi connectivity index (χ1n) is 3.72. The highest BCUT2D eigenvalue weighted by atomic mass is 79.9. The smallest absolute Gasteiger partial charge is 0.0619 e. The fraction of sp³-hybridized carbons (Fsp3) is 1.00. The Morgan fingerprint density at radius 2 is 2.36 bits per heavy atom. The van der Waals surface area contributed by atoms with Gasteiger partial charge in [0.25, 0.3) is 0 Å². The minimum atomic E-state index is 0. The lowest BCUT2D eigenvalue weighted by Crippen LogP contribution is -2.44. The molecule has 1 saturated heterocycles. The minimum absolute atomic E-state index is 0. The molecule has 1 aliphatic rings. The van der Waals surface area contributed by atoms with Crippen molar-refractivity contribution in [2.75, 3.05) is 31.6 Å². The highest BCUT2D eigenvalue weighted by Gasteiger charge is 2.16. The lowest BCUT2D eigenvalue weighted by molar-refractivity contribution is 0.00311. The molecule has 2 nitrogen and oxygen atoms in total. The Kier molecular flexibility index (Phi) is 6.91. The molecule has 68 valence electrons. The number of hydrogen-bond acceptors (Lipinski definition) is 2. The van der Waals surface area contributed by atoms with Gasteiger partial charge in [0.2, 0.25) is 0 Å². The van der Waals surface area contributed by atoms with Crippen LogP contribution in [0.2, 0.25) is 0 Å². The van der Waals surface area contributed by atoms with Gasteiger partial charge in [-0.2, -0.15) is 0 Å². The SMILES string of the molecule is Br.CC1COCCN1CCBr. The number of rotatable bonds is 2. The Morgan fingerprint density at radius 1 is 1.64 bits per heavy atom. The van der Waals surface area contributed by atoms with Crippen molar-refractivity contribution in [3.63, 3.8) is 0 Å². The molecule has 0 radical (unpaired) electrons. The van der Waals surface area contributed by atoms with Crippen LogP contribution in [-0.2, 0) is 4.74 Å². The Balaban J connectivity index is 0.000001000. The first-order valence-corrected chi connectivity index (χ1v) is 4.84. The molecule has 1 heterocycles. The van der Waals surface area contributed by atoms with E-state index in [4.69, 9.17) is 4.74 Å². The fourth-order valence-corrected chi connectivity index (χ4v) is 1.66. The van der Waals surface area contributed by atoms with Crippen LogP contribution in [0.5, 0.6) is 0 Å². The van der Waals surface area contributed by atoms with Gasteiger partial charge in [0.15, 0.2) is 0 Å². The molecule has 0 amide bonds. The maximum atomic E-state index is 5.30. The maximum absolute atomic E-state index is 5.30. The van der Waals surface area contributed by atoms with Crippen molar-refractivity contribution in [1.82, 2.24) is 4.90 Å². The first-order chi connectivity index (χ1) is 4.84. The van der Waals surface area contributed by atoms with Gasteiger partial charge in [-0.25, -0.2) is 0 Å². The molecule has 1 unspecified atom stereocenters. The van der Waals surface area contributed by atoms with Gasteiger partial charge in [0.1, 0.15) is 0 Å². The van der Waals surface area contributed by atoms with Crippen molar-refractivity contribution in [1.29, 1.82) is 0 Å². The summed E-state index contributed by atoms with van der Waals surface area (Å²) < 4.78 is 5.30. The second-order valence-corrected chi connectivity index (χ2v) is 3.44. The quantitative estimate of drug-likeness (QED) is 0.717. The van der Waals surface area contributed by atoms with E-state index >= 15 is 0 Å². The molecule has 0 aromatic carbocycles. The molecule has 1 rings (SSSR count). The van der Waals surface area contributed by atoms with Gasteiger partial charge >= 0.3 is 0 Å². The van der Waals surface area contributed by atoms with E-state index in [0.29, 0.717) is 6.04 Å². The summed E-state index contributed by atoms with van der Waals surface area (Å²) in [6.45, 7) is 6.24. The van der Waals surface area contributed by atoms with Crippen LogP contribution in [0, 0.1) is 0 Å². The Labute approximate surface area is 87.2 Å². The van der Waals surface area contributed by atoms with E-state index in [1.807, 2.05) is 0 Å². The van der Waals surface area contributed by atoms with Crippen LogP contribution in [0.4, 0.5) is 0 Å². The summed E-state index contributed by atoms with van der Waals surface area (Å²) in [5, 5.41) is 1.07. The molecule has 0 aromatic heterocycles. The Bertz CT molecular complexity index is 100. The molecule has 0 aliphatic carbocycles. The Morgan fingerprint density at radius 3 is 2.91 bits per heavy atom. The third-order valence-corrected chi connectivity index (χ3v) is 2.23. The molecular formula is C7H15Br2NO. The van der Waals surface area contributed by atoms with Crippen molar-refractivity contribution in [3.05, 3.63) is 0 Å². The molecule has 0 bridgehead atoms. The minimum Gasteiger partial charge on any atom is -0.379 e. The summed E-state index contributed by atoms with van der Waals surface area (Å²) in [7, 11) is 0. The highest BCUT2D eigenvalue weighted by molar-refractivity contribution is 9.09. The lowest BCUT2D eigenvalue weighted by atomic mass is 10.2. The molecular weight excluding hydrogens is 274 g/mol. The molecule has 1 aliphatic heterocycles. The number of halogens is 2. The number of hydrogen-bond donors (Lipinski definition) is 0. The van der Waals surface area contributed by atoms with Crippen molar-refractivity contribution >= 4 is 32.9 Å². The predicted octanol–water partition coefficient (Wildman–Crippen LogP) is 1.68. The van der Waals surface area contributed by atoms with Crippen LogP contribution in [0.25, 0.3) is 0 Å². The van der Waals surface area contributed by atoms with Gasteiger partial charge in [0, 0.05) is 24.5 Å². The zero-order valence-electron chi connectivity index (χ0n) is 6.75. The summed E-state index contributed by atoms with van der Waals surface area (Å²) in [4.78, 5) is 2.44. The topological polar surface area (TPSA) is 12.5 Å². The monoisotopic (exact) mass is 287 g/mol. The van der Waals surface area contributed by atoms with Crippen LogP contribution in [0.3, 0.4) is 0 Å². The molecule has 0 saturated carbocycles. The van der Waals surface area contributed by atoms with Crippen molar-refractivity contribution in [3.8, 4) is 0 Å². The molecule has 1 atom stereocenters. The van der Waals surface area contributed by atoms with Gasteiger partial charge in [-0.15, -0.1) is 17.0 Å². The van der Waals surface area contributed by atoms with E-state index in [1.165, 1.54) is 0 Å². The van der Waals surface area contributed by atoms with Crippen LogP contribution in [0.1, 0.15) is 6.92 Å². The predicted molar refractivity (Wildman–Crippen MR) is 56.0 cm³/mol. The molecule has 1 fully saturated rings. The maximum Gasteiger partial charge on any atom is 0.0619 e. The summed E-state index contributed by atoms with van der Waals surface area (Å²) in [6.07, 6.45) is 0. The zero-order valence-corrected chi connectivity index (χ0v) is 10.1. The van der Waals surface area contributed by atoms with Crippen LogP contribution in [-0.4, -0.2) is 42.6 Å². The van der Waals surface area contributed by atoms with Crippen LogP contribution >= 0.6 is 32.9 Å². The van der Waals surface area contributed by atoms with Crippen molar-refractivity contribution in [2.45, 2.75) is 13.0 Å². The molecule has 11 heavy (non-hydrogen) atoms. The first kappa shape index (κ1) is 11.9. The average molecular weight is 289 g/mol. The second kappa shape index (κ2) is 6.40. The van der Waals surface area contributed by atoms with E-state index in [9.17, 15) is 0 Å². The van der Waals surface area contributed by atoms with Gasteiger partial charge in [-0.05, 0) is 6.92 Å². The largest absolute Gasteiger partial charge is 0.379 e. The molecule has 0 N–H and O–H groups in total. The van der Waals surface area contributed by atoms with E-state index in [0.717, 1.165) is 31.6 Å². The van der Waals surface area contributed by atoms with Crippen molar-refractivity contribution < 1.29 is 4.74 Å². The Hall–Kier alpha value is 0.880. The number of nitrogens with zero attached hydrogens (tertiary/aromatic N) is 1. The lowest BCUT2D eigenvalue weighted by Gasteiger charge is -2.32.